The van der Waals surface area contributed by atoms with E-state index in [1.54, 1.807) is 0 Å². The van der Waals surface area contributed by atoms with Crippen molar-refractivity contribution >= 4 is 0 Å². The van der Waals surface area contributed by atoms with Gasteiger partial charge in [0.1, 0.15) is 0 Å². The van der Waals surface area contributed by atoms with Crippen LogP contribution in [0.1, 0.15) is 58.3 Å². The van der Waals surface area contributed by atoms with E-state index in [0.29, 0.717) is 6.10 Å². The molecule has 0 spiro atoms. The van der Waals surface area contributed by atoms with Crippen LogP contribution in [0.3, 0.4) is 0 Å². The highest BCUT2D eigenvalue weighted by Crippen LogP contribution is 2.24. The van der Waals surface area contributed by atoms with Gasteiger partial charge in [0.25, 0.3) is 0 Å². The molecule has 1 aliphatic rings. The number of hydrogen-bond acceptors (Lipinski definition) is 1. The van der Waals surface area contributed by atoms with Gasteiger partial charge < -0.3 is 4.74 Å². The summed E-state index contributed by atoms with van der Waals surface area (Å²) in [4.78, 5) is 0. The molecule has 0 aromatic carbocycles. The normalized spacial score (nSPS) is 18.9. The van der Waals surface area contributed by atoms with Crippen molar-refractivity contribution in [3.8, 4) is 0 Å². The molecule has 1 saturated carbocycles. The topological polar surface area (TPSA) is 9.23 Å². The van der Waals surface area contributed by atoms with Crippen molar-refractivity contribution in [1.29, 1.82) is 0 Å². The molecule has 0 aliphatic heterocycles. The van der Waals surface area contributed by atoms with Crippen molar-refractivity contribution in [2.45, 2.75) is 64.4 Å². The lowest BCUT2D eigenvalue weighted by atomic mass is 9.97. The molecule has 0 amide bonds. The van der Waals surface area contributed by atoms with Crippen LogP contribution in [0.2, 0.25) is 0 Å². The molecule has 1 rings (SSSR count). The van der Waals surface area contributed by atoms with Gasteiger partial charge in [0.2, 0.25) is 0 Å². The summed E-state index contributed by atoms with van der Waals surface area (Å²) in [6, 6.07) is 0. The predicted molar refractivity (Wildman–Crippen MR) is 65.8 cm³/mol. The van der Waals surface area contributed by atoms with Crippen molar-refractivity contribution in [3.63, 3.8) is 0 Å². The first-order valence-corrected chi connectivity index (χ1v) is 6.29. The van der Waals surface area contributed by atoms with Crippen molar-refractivity contribution in [1.82, 2.24) is 0 Å². The number of ether oxygens (including phenoxy) is 1. The van der Waals surface area contributed by atoms with Crippen molar-refractivity contribution < 1.29 is 4.74 Å². The Hall–Kier alpha value is -0.720. The van der Waals surface area contributed by atoms with Gasteiger partial charge in [-0.3, -0.25) is 0 Å². The van der Waals surface area contributed by atoms with E-state index >= 15 is 0 Å². The highest BCUT2D eigenvalue weighted by atomic mass is 16.5. The zero-order valence-corrected chi connectivity index (χ0v) is 10.0. The molecule has 1 fully saturated rings. The van der Waals surface area contributed by atoms with Gasteiger partial charge in [-0.15, -0.1) is 6.58 Å². The summed E-state index contributed by atoms with van der Waals surface area (Å²) in [5.41, 5.74) is 0. The molecule has 1 heteroatoms. The molecule has 1 nitrogen and oxygen atoms in total. The first-order valence-electron chi connectivity index (χ1n) is 6.29. The van der Waals surface area contributed by atoms with Crippen LogP contribution in [0.5, 0.6) is 0 Å². The van der Waals surface area contributed by atoms with E-state index in [0.717, 1.165) is 19.3 Å². The number of hydrogen-bond donors (Lipinski definition) is 0. The average molecular weight is 208 g/mol. The molecule has 0 aromatic heterocycles. The third kappa shape index (κ3) is 5.06. The van der Waals surface area contributed by atoms with E-state index in [1.165, 1.54) is 37.9 Å². The van der Waals surface area contributed by atoms with Crippen molar-refractivity contribution in [2.75, 3.05) is 0 Å². The lowest BCUT2D eigenvalue weighted by Gasteiger charge is -2.24. The largest absolute Gasteiger partial charge is 0.495 e. The Bertz CT molecular complexity index is 199. The molecule has 0 heterocycles. The molecule has 0 unspecified atom stereocenters. The molecule has 86 valence electrons. The van der Waals surface area contributed by atoms with Gasteiger partial charge in [0.05, 0.1) is 11.9 Å². The number of allylic oxidation sites excluding steroid dienone is 3. The highest BCUT2D eigenvalue weighted by molar-refractivity contribution is 4.92. The maximum absolute atomic E-state index is 6.01. The smallest absolute Gasteiger partial charge is 0.0982 e. The lowest BCUT2D eigenvalue weighted by molar-refractivity contribution is 0.0762. The Kier molecular flexibility index (Phi) is 6.22. The number of rotatable bonds is 6. The summed E-state index contributed by atoms with van der Waals surface area (Å²) in [5.74, 6) is 1.18. The fraction of sp³-hybridized carbons (Fsp3) is 0.714. The Balaban J connectivity index is 2.23. The first-order chi connectivity index (χ1) is 7.36. The fourth-order valence-electron chi connectivity index (χ4n) is 2.09. The molecule has 1 aliphatic carbocycles. The Labute approximate surface area is 94.2 Å². The van der Waals surface area contributed by atoms with E-state index in [4.69, 9.17) is 4.74 Å². The van der Waals surface area contributed by atoms with Crippen LogP contribution >= 0.6 is 0 Å². The van der Waals surface area contributed by atoms with Gasteiger partial charge in [-0.2, -0.15) is 0 Å². The van der Waals surface area contributed by atoms with E-state index in [-0.39, 0.29) is 0 Å². The van der Waals surface area contributed by atoms with E-state index < -0.39 is 0 Å². The molecule has 15 heavy (non-hydrogen) atoms. The van der Waals surface area contributed by atoms with Crippen LogP contribution in [-0.2, 0) is 4.74 Å². The third-order valence-electron chi connectivity index (χ3n) is 3.02. The van der Waals surface area contributed by atoms with Crippen LogP contribution in [0.15, 0.2) is 24.5 Å². The summed E-state index contributed by atoms with van der Waals surface area (Å²) in [7, 11) is 0. The molecular weight excluding hydrogens is 184 g/mol. The first kappa shape index (κ1) is 12.4. The Morgan fingerprint density at radius 3 is 2.67 bits per heavy atom. The fourth-order valence-corrected chi connectivity index (χ4v) is 2.09. The minimum Gasteiger partial charge on any atom is -0.495 e. The molecule has 0 atom stereocenters. The maximum atomic E-state index is 6.01. The Morgan fingerprint density at radius 1 is 1.33 bits per heavy atom. The molecule has 0 radical (unpaired) electrons. The minimum atomic E-state index is 0.494. The second kappa shape index (κ2) is 7.56. The zero-order valence-electron chi connectivity index (χ0n) is 10.0. The van der Waals surface area contributed by atoms with Crippen LogP contribution in [0.4, 0.5) is 0 Å². The third-order valence-corrected chi connectivity index (χ3v) is 3.02. The van der Waals surface area contributed by atoms with Crippen LogP contribution in [0.25, 0.3) is 0 Å². The van der Waals surface area contributed by atoms with Crippen molar-refractivity contribution in [3.05, 3.63) is 24.5 Å². The minimum absolute atomic E-state index is 0.494. The summed E-state index contributed by atoms with van der Waals surface area (Å²) >= 11 is 0. The predicted octanol–water partition coefficient (Wildman–Crippen LogP) is 4.60. The quantitative estimate of drug-likeness (QED) is 0.352. The van der Waals surface area contributed by atoms with Crippen molar-refractivity contribution in [2.24, 2.45) is 0 Å². The van der Waals surface area contributed by atoms with Gasteiger partial charge in [-0.25, -0.2) is 0 Å². The zero-order chi connectivity index (χ0) is 10.9. The van der Waals surface area contributed by atoms with E-state index in [2.05, 4.69) is 19.6 Å². The maximum Gasteiger partial charge on any atom is 0.0982 e. The van der Waals surface area contributed by atoms with Crippen LogP contribution in [-0.4, -0.2) is 6.10 Å². The van der Waals surface area contributed by atoms with Gasteiger partial charge in [0.15, 0.2) is 0 Å². The molecule has 0 aromatic rings. The van der Waals surface area contributed by atoms with Crippen LogP contribution in [0, 0.1) is 0 Å². The summed E-state index contributed by atoms with van der Waals surface area (Å²) in [6.07, 6.45) is 14.5. The second-order valence-electron chi connectivity index (χ2n) is 4.31. The van der Waals surface area contributed by atoms with E-state index in [9.17, 15) is 0 Å². The summed E-state index contributed by atoms with van der Waals surface area (Å²) in [6.45, 7) is 5.81. The standard InChI is InChI=1S/C14H24O/c1-3-5-7-10-13(4-2)15-14-11-8-6-9-12-14/h3-4,14H,1,5-12H2,2H3/b13-4-. The summed E-state index contributed by atoms with van der Waals surface area (Å²) < 4.78 is 6.01. The summed E-state index contributed by atoms with van der Waals surface area (Å²) in [5, 5.41) is 0. The van der Waals surface area contributed by atoms with Gasteiger partial charge in [-0.1, -0.05) is 12.5 Å². The van der Waals surface area contributed by atoms with Gasteiger partial charge in [0, 0.05) is 6.42 Å². The van der Waals surface area contributed by atoms with E-state index in [1.807, 2.05) is 6.08 Å². The number of unbranched alkanes of at least 4 members (excludes halogenated alkanes) is 1. The average Bonchev–Trinajstić information content (AvgIpc) is 2.29. The monoisotopic (exact) mass is 208 g/mol. The lowest BCUT2D eigenvalue weighted by Crippen LogP contribution is -2.16. The SMILES string of the molecule is C=CCCC/C(=C/C)OC1CCCCC1. The molecule has 0 N–H and O–H groups in total. The molecular formula is C14H24O. The Morgan fingerprint density at radius 2 is 2.07 bits per heavy atom. The molecule has 0 saturated heterocycles. The highest BCUT2D eigenvalue weighted by Gasteiger charge is 2.15. The van der Waals surface area contributed by atoms with Gasteiger partial charge >= 0.3 is 0 Å². The van der Waals surface area contributed by atoms with Gasteiger partial charge in [-0.05, 0) is 51.5 Å². The molecule has 0 bridgehead atoms. The van der Waals surface area contributed by atoms with Crippen LogP contribution < -0.4 is 0 Å². The second-order valence-corrected chi connectivity index (χ2v) is 4.31.